The molecule has 17 rings (SSSR count). The van der Waals surface area contributed by atoms with Crippen molar-refractivity contribution in [3.05, 3.63) is 339 Å². The molecule has 14 aromatic carbocycles. The number of rotatable bonds is 10. The molecule has 0 spiro atoms. The van der Waals surface area contributed by atoms with Gasteiger partial charge in [0.15, 0.2) is 0 Å². The Balaban J connectivity index is 1.04. The fourth-order valence-corrected chi connectivity index (χ4v) is 14.8. The molecule has 4 heteroatoms. The maximum Gasteiger partial charge on any atom is 0.252 e. The van der Waals surface area contributed by atoms with Crippen molar-refractivity contribution in [2.24, 2.45) is 0 Å². The lowest BCUT2D eigenvalue weighted by molar-refractivity contribution is 0.590. The summed E-state index contributed by atoms with van der Waals surface area (Å²) in [7, 11) is 0. The van der Waals surface area contributed by atoms with Crippen molar-refractivity contribution in [2.45, 2.75) is 26.2 Å². The highest BCUT2D eigenvalue weighted by molar-refractivity contribution is 7.00. The average molecular weight is 1170 g/mol. The lowest BCUT2D eigenvalue weighted by Gasteiger charge is -2.46. The summed E-state index contributed by atoms with van der Waals surface area (Å²) >= 11 is 0. The summed E-state index contributed by atoms with van der Waals surface area (Å²) in [5, 5.41) is 2.46. The highest BCUT2D eigenvalue weighted by Crippen LogP contribution is 2.54. The maximum atomic E-state index is 2.71. The van der Waals surface area contributed by atoms with E-state index in [1.165, 1.54) is 66.0 Å². The molecule has 0 bridgehead atoms. The van der Waals surface area contributed by atoms with Crippen LogP contribution in [-0.4, -0.2) is 11.3 Å². The van der Waals surface area contributed by atoms with E-state index in [2.05, 4.69) is 369 Å². The van der Waals surface area contributed by atoms with E-state index in [-0.39, 0.29) is 12.1 Å². The van der Waals surface area contributed by atoms with E-state index >= 15 is 0 Å². The number of fused-ring (bicyclic) bond motifs is 7. The molecule has 3 nitrogen and oxygen atoms in total. The molecule has 2 aliphatic heterocycles. The van der Waals surface area contributed by atoms with E-state index < -0.39 is 0 Å². The summed E-state index contributed by atoms with van der Waals surface area (Å²) < 4.78 is 2.49. The van der Waals surface area contributed by atoms with Crippen LogP contribution in [0.3, 0.4) is 0 Å². The number of para-hydroxylation sites is 4. The van der Waals surface area contributed by atoms with Crippen LogP contribution in [0.5, 0.6) is 0 Å². The predicted molar refractivity (Wildman–Crippen MR) is 392 cm³/mol. The summed E-state index contributed by atoms with van der Waals surface area (Å²) in [4.78, 5) is 5.37. The predicted octanol–water partition coefficient (Wildman–Crippen LogP) is 21.8. The van der Waals surface area contributed by atoms with Gasteiger partial charge in [0.05, 0.1) is 22.4 Å². The first-order chi connectivity index (χ1) is 45.3. The Kier molecular flexibility index (Phi) is 13.2. The molecule has 0 unspecified atom stereocenters. The molecule has 0 saturated heterocycles. The van der Waals surface area contributed by atoms with Gasteiger partial charge in [-0.05, 0) is 138 Å². The molecule has 3 heterocycles. The topological polar surface area (TPSA) is 11.4 Å². The third-order valence-electron chi connectivity index (χ3n) is 19.1. The van der Waals surface area contributed by atoms with Crippen molar-refractivity contribution >= 4 is 79.0 Å². The van der Waals surface area contributed by atoms with Crippen molar-refractivity contribution in [3.63, 3.8) is 0 Å². The number of hydrogen-bond donors (Lipinski definition) is 0. The normalized spacial score (nSPS) is 12.4. The van der Waals surface area contributed by atoms with E-state index in [0.717, 1.165) is 95.4 Å². The van der Waals surface area contributed by atoms with Crippen LogP contribution in [0.25, 0.3) is 105 Å². The van der Waals surface area contributed by atoms with Crippen LogP contribution >= 0.6 is 0 Å². The summed E-state index contributed by atoms with van der Waals surface area (Å²) in [5.74, 6) is 0. The molecule has 0 saturated carbocycles. The van der Waals surface area contributed by atoms with Crippen LogP contribution in [0, 0.1) is 0 Å². The number of benzene rings is 14. The van der Waals surface area contributed by atoms with Gasteiger partial charge >= 0.3 is 0 Å². The lowest BCUT2D eigenvalue weighted by Crippen LogP contribution is -2.61. The van der Waals surface area contributed by atoms with Crippen LogP contribution in [0.4, 0.5) is 34.1 Å². The zero-order valence-electron chi connectivity index (χ0n) is 51.7. The molecular formula is C88H64BN3. The van der Waals surface area contributed by atoms with Crippen molar-refractivity contribution in [1.29, 1.82) is 0 Å². The quantitative estimate of drug-likeness (QED) is 0.126. The van der Waals surface area contributed by atoms with Gasteiger partial charge in [0.25, 0.3) is 6.71 Å². The molecule has 0 radical (unpaired) electrons. The largest absolute Gasteiger partial charge is 0.310 e. The second kappa shape index (κ2) is 22.2. The van der Waals surface area contributed by atoms with Crippen LogP contribution in [0.2, 0.25) is 0 Å². The number of aromatic nitrogens is 1. The minimum atomic E-state index is -0.293. The summed E-state index contributed by atoms with van der Waals surface area (Å²) in [5.41, 5.74) is 31.2. The van der Waals surface area contributed by atoms with Gasteiger partial charge in [-0.2, -0.15) is 0 Å². The fraction of sp³-hybridized carbons (Fsp3) is 0.0455. The second-order valence-electron chi connectivity index (χ2n) is 25.6. The summed E-state index contributed by atoms with van der Waals surface area (Å²) in [6.07, 6.45) is 0. The Bertz CT molecular complexity index is 5110. The summed E-state index contributed by atoms with van der Waals surface area (Å²) in [6.45, 7) is 6.93. The minimum Gasteiger partial charge on any atom is -0.310 e. The first-order valence-electron chi connectivity index (χ1n) is 32.1. The second-order valence-corrected chi connectivity index (χ2v) is 25.6. The Morgan fingerprint density at radius 3 is 1.11 bits per heavy atom. The number of nitrogens with zero attached hydrogens (tertiary/aromatic N) is 3. The molecule has 1 aromatic heterocycles. The smallest absolute Gasteiger partial charge is 0.252 e. The van der Waals surface area contributed by atoms with Gasteiger partial charge in [0.1, 0.15) is 0 Å². The molecular weight excluding hydrogens is 1110 g/mol. The monoisotopic (exact) mass is 1170 g/mol. The minimum absolute atomic E-state index is 0.204. The molecule has 0 aliphatic carbocycles. The molecule has 0 N–H and O–H groups in total. The highest BCUT2D eigenvalue weighted by Gasteiger charge is 2.46. The van der Waals surface area contributed by atoms with E-state index in [4.69, 9.17) is 0 Å². The van der Waals surface area contributed by atoms with Gasteiger partial charge in [0.2, 0.25) is 0 Å². The molecule has 15 aromatic rings. The standard InChI is InChI=1S/C88H64BN3/c1-88(2,3)69-56-83-85-84(57-69)92(87-73(67-39-23-37-64(53-67)59-27-9-4-10-28-59)45-26-46-74(87)68-40-24-38-65(54-68)60-29-11-5-12-30-60)82-58-70(90-79-47-21-19-41-75(79)76-42-20-22-48-80(76)90)50-51-77(82)89(85)78-55-66(61-31-13-6-14-32-61)49-52-81(78)91(83)86-71(62-33-15-7-16-34-62)43-25-44-72(86)63-35-17-8-18-36-63/h4-58H,1-3H3. The van der Waals surface area contributed by atoms with Crippen molar-refractivity contribution < 1.29 is 0 Å². The van der Waals surface area contributed by atoms with Gasteiger partial charge in [-0.3, -0.25) is 0 Å². The van der Waals surface area contributed by atoms with Gasteiger partial charge in [-0.15, -0.1) is 0 Å². The van der Waals surface area contributed by atoms with Crippen molar-refractivity contribution in [2.75, 3.05) is 9.80 Å². The first-order valence-corrected chi connectivity index (χ1v) is 32.1. The first kappa shape index (κ1) is 54.7. The van der Waals surface area contributed by atoms with Crippen LogP contribution in [-0.2, 0) is 5.41 Å². The van der Waals surface area contributed by atoms with Crippen LogP contribution in [0.1, 0.15) is 26.3 Å². The summed E-state index contributed by atoms with van der Waals surface area (Å²) in [6, 6.07) is 125. The molecule has 0 atom stereocenters. The lowest BCUT2D eigenvalue weighted by atomic mass is 9.33. The molecule has 2 aliphatic rings. The number of anilines is 6. The zero-order valence-corrected chi connectivity index (χ0v) is 51.7. The zero-order chi connectivity index (χ0) is 61.4. The molecule has 0 fully saturated rings. The Morgan fingerprint density at radius 2 is 0.641 bits per heavy atom. The highest BCUT2D eigenvalue weighted by atomic mass is 15.2. The Hall–Kier alpha value is -11.5. The van der Waals surface area contributed by atoms with Gasteiger partial charge in [-0.1, -0.05) is 300 Å². The third kappa shape index (κ3) is 9.20. The van der Waals surface area contributed by atoms with Gasteiger partial charge in [0, 0.05) is 61.5 Å². The van der Waals surface area contributed by atoms with E-state index in [1.54, 1.807) is 0 Å². The van der Waals surface area contributed by atoms with Crippen molar-refractivity contribution in [1.82, 2.24) is 4.57 Å². The van der Waals surface area contributed by atoms with Crippen LogP contribution in [0.15, 0.2) is 334 Å². The van der Waals surface area contributed by atoms with Crippen molar-refractivity contribution in [3.8, 4) is 83.6 Å². The van der Waals surface area contributed by atoms with Gasteiger partial charge < -0.3 is 14.4 Å². The SMILES string of the molecule is CC(C)(C)c1cc2c3c(c1)N(c1c(-c4cccc(-c5ccccc5)c4)cccc1-c1cccc(-c4ccccc4)c1)c1cc(-n4c5ccccc5c5ccccc54)ccc1B3c1cc(-c3ccccc3)ccc1N2c1c(-c2ccccc2)cccc1-c1ccccc1. The third-order valence-corrected chi connectivity index (χ3v) is 19.1. The Morgan fingerprint density at radius 1 is 0.261 bits per heavy atom. The van der Waals surface area contributed by atoms with Gasteiger partial charge in [-0.25, -0.2) is 0 Å². The van der Waals surface area contributed by atoms with E-state index in [1.807, 2.05) is 0 Å². The fourth-order valence-electron chi connectivity index (χ4n) is 14.8. The van der Waals surface area contributed by atoms with E-state index in [9.17, 15) is 0 Å². The molecule has 92 heavy (non-hydrogen) atoms. The van der Waals surface area contributed by atoms with E-state index in [0.29, 0.717) is 0 Å². The maximum absolute atomic E-state index is 2.71. The number of hydrogen-bond acceptors (Lipinski definition) is 2. The average Bonchev–Trinajstić information content (AvgIpc) is 0.802. The molecule has 434 valence electrons. The van der Waals surface area contributed by atoms with Crippen LogP contribution < -0.4 is 26.2 Å². The Labute approximate surface area is 539 Å². The molecule has 0 amide bonds.